The van der Waals surface area contributed by atoms with Crippen LogP contribution in [0.3, 0.4) is 0 Å². The lowest BCUT2D eigenvalue weighted by molar-refractivity contribution is -0.123. The van der Waals surface area contributed by atoms with E-state index in [-0.39, 0.29) is 24.4 Å². The summed E-state index contributed by atoms with van der Waals surface area (Å²) in [4.78, 5) is 14.5. The van der Waals surface area contributed by atoms with Gasteiger partial charge < -0.3 is 10.1 Å². The highest BCUT2D eigenvalue weighted by atomic mass is 35.5. The van der Waals surface area contributed by atoms with Crippen molar-refractivity contribution in [3.8, 4) is 5.75 Å². The van der Waals surface area contributed by atoms with E-state index in [2.05, 4.69) is 10.2 Å². The number of hydrogen-bond donors (Lipinski definition) is 1. The molecule has 2 aromatic carbocycles. The third-order valence-electron chi connectivity index (χ3n) is 4.52. The molecule has 1 amide bonds. The Morgan fingerprint density at radius 3 is 2.54 bits per heavy atom. The fraction of sp³-hybridized carbons (Fsp3) is 0.350. The van der Waals surface area contributed by atoms with Crippen molar-refractivity contribution in [3.05, 3.63) is 64.9 Å². The van der Waals surface area contributed by atoms with E-state index in [1.54, 1.807) is 0 Å². The number of likely N-dealkylation sites (tertiary alicyclic amines) is 1. The molecule has 1 N–H and O–H groups in total. The highest BCUT2D eigenvalue weighted by Crippen LogP contribution is 2.29. The monoisotopic (exact) mass is 376 g/mol. The van der Waals surface area contributed by atoms with Crippen LogP contribution in [-0.4, -0.2) is 37.0 Å². The summed E-state index contributed by atoms with van der Waals surface area (Å²) >= 11 is 6.37. The van der Waals surface area contributed by atoms with Crippen molar-refractivity contribution in [2.75, 3.05) is 26.2 Å². The number of ether oxygens (including phenoxy) is 1. The number of amides is 1. The second-order valence-corrected chi connectivity index (χ2v) is 6.73. The molecule has 0 unspecified atom stereocenters. The maximum Gasteiger partial charge on any atom is 0.258 e. The first kappa shape index (κ1) is 18.7. The largest absolute Gasteiger partial charge is 0.484 e. The molecule has 138 valence electrons. The highest BCUT2D eigenvalue weighted by molar-refractivity contribution is 6.31. The zero-order valence-corrected chi connectivity index (χ0v) is 15.2. The number of carbonyl (C=O) groups excluding carboxylic acids is 1. The van der Waals surface area contributed by atoms with Crippen LogP contribution in [0, 0.1) is 5.82 Å². The molecule has 6 heteroatoms. The Kier molecular flexibility index (Phi) is 6.47. The number of carbonyl (C=O) groups is 1. The summed E-state index contributed by atoms with van der Waals surface area (Å²) < 4.78 is 18.3. The van der Waals surface area contributed by atoms with Gasteiger partial charge in [0.15, 0.2) is 6.61 Å². The normalized spacial score (nSPS) is 15.6. The fourth-order valence-corrected chi connectivity index (χ4v) is 3.44. The van der Waals surface area contributed by atoms with E-state index in [0.717, 1.165) is 31.5 Å². The van der Waals surface area contributed by atoms with Gasteiger partial charge in [0.05, 0.1) is 6.04 Å². The summed E-state index contributed by atoms with van der Waals surface area (Å²) in [5, 5.41) is 3.64. The Morgan fingerprint density at radius 2 is 1.85 bits per heavy atom. The van der Waals surface area contributed by atoms with Crippen LogP contribution in [0.2, 0.25) is 5.02 Å². The van der Waals surface area contributed by atoms with Crippen LogP contribution in [0.15, 0.2) is 48.5 Å². The molecule has 0 bridgehead atoms. The minimum Gasteiger partial charge on any atom is -0.484 e. The van der Waals surface area contributed by atoms with Gasteiger partial charge in [0.2, 0.25) is 0 Å². The van der Waals surface area contributed by atoms with Crippen molar-refractivity contribution in [1.29, 1.82) is 0 Å². The van der Waals surface area contributed by atoms with Crippen molar-refractivity contribution in [2.45, 2.75) is 18.9 Å². The molecule has 1 atom stereocenters. The van der Waals surface area contributed by atoms with Gasteiger partial charge in [0.1, 0.15) is 11.6 Å². The van der Waals surface area contributed by atoms with E-state index >= 15 is 0 Å². The summed E-state index contributed by atoms with van der Waals surface area (Å²) in [7, 11) is 0. The molecule has 1 aliphatic heterocycles. The Morgan fingerprint density at radius 1 is 1.15 bits per heavy atom. The summed E-state index contributed by atoms with van der Waals surface area (Å²) in [5.74, 6) is -0.0932. The van der Waals surface area contributed by atoms with Gasteiger partial charge >= 0.3 is 0 Å². The molecule has 2 aromatic rings. The standard InChI is InChI=1S/C20H22ClFN2O2/c21-18-6-2-1-5-17(18)19(24-11-3-4-12-24)13-23-20(25)14-26-16-9-7-15(22)8-10-16/h1-2,5-10,19H,3-4,11-14H2,(H,23,25)/t19-/m0/s1. The molecule has 0 spiro atoms. The van der Waals surface area contributed by atoms with Crippen LogP contribution in [0.5, 0.6) is 5.75 Å². The molecule has 1 saturated heterocycles. The van der Waals surface area contributed by atoms with Gasteiger partial charge in [-0.3, -0.25) is 9.69 Å². The number of nitrogens with zero attached hydrogens (tertiary/aromatic N) is 1. The summed E-state index contributed by atoms with van der Waals surface area (Å²) in [6, 6.07) is 13.4. The van der Waals surface area contributed by atoms with E-state index < -0.39 is 0 Å². The van der Waals surface area contributed by atoms with Gasteiger partial charge in [-0.15, -0.1) is 0 Å². The van der Waals surface area contributed by atoms with E-state index in [1.807, 2.05) is 24.3 Å². The van der Waals surface area contributed by atoms with E-state index in [0.29, 0.717) is 17.3 Å². The number of halogens is 2. The van der Waals surface area contributed by atoms with Crippen molar-refractivity contribution in [1.82, 2.24) is 10.2 Å². The fourth-order valence-electron chi connectivity index (χ4n) is 3.18. The third-order valence-corrected chi connectivity index (χ3v) is 4.87. The van der Waals surface area contributed by atoms with Gasteiger partial charge in [-0.2, -0.15) is 0 Å². The average molecular weight is 377 g/mol. The Hall–Kier alpha value is -2.11. The van der Waals surface area contributed by atoms with Gasteiger partial charge in [0.25, 0.3) is 5.91 Å². The molecule has 0 radical (unpaired) electrons. The lowest BCUT2D eigenvalue weighted by Gasteiger charge is -2.29. The van der Waals surface area contributed by atoms with Crippen molar-refractivity contribution < 1.29 is 13.9 Å². The number of benzene rings is 2. The van der Waals surface area contributed by atoms with E-state index in [9.17, 15) is 9.18 Å². The first-order valence-corrected chi connectivity index (χ1v) is 9.15. The SMILES string of the molecule is O=C(COc1ccc(F)cc1)NC[C@@H](c1ccccc1Cl)N1CCCC1. The Balaban J connectivity index is 1.57. The van der Waals surface area contributed by atoms with Gasteiger partial charge in [-0.25, -0.2) is 4.39 Å². The summed E-state index contributed by atoms with van der Waals surface area (Å²) in [6.07, 6.45) is 2.31. The van der Waals surface area contributed by atoms with Crippen LogP contribution >= 0.6 is 11.6 Å². The van der Waals surface area contributed by atoms with Crippen LogP contribution in [0.4, 0.5) is 4.39 Å². The summed E-state index contributed by atoms with van der Waals surface area (Å²) in [5.41, 5.74) is 1.02. The molecular formula is C20H22ClFN2O2. The van der Waals surface area contributed by atoms with Crippen molar-refractivity contribution >= 4 is 17.5 Å². The Bertz CT molecular complexity index is 733. The molecule has 0 aromatic heterocycles. The molecule has 0 saturated carbocycles. The third kappa shape index (κ3) is 4.96. The maximum atomic E-state index is 12.9. The predicted molar refractivity (Wildman–Crippen MR) is 99.9 cm³/mol. The molecule has 3 rings (SSSR count). The Labute approximate surface area is 157 Å². The minimum absolute atomic E-state index is 0.0426. The molecule has 26 heavy (non-hydrogen) atoms. The van der Waals surface area contributed by atoms with E-state index in [1.165, 1.54) is 24.3 Å². The minimum atomic E-state index is -0.338. The second kappa shape index (κ2) is 9.01. The number of rotatable bonds is 7. The predicted octanol–water partition coefficient (Wildman–Crippen LogP) is 3.81. The number of nitrogens with one attached hydrogen (secondary N) is 1. The maximum absolute atomic E-state index is 12.9. The zero-order chi connectivity index (χ0) is 18.4. The second-order valence-electron chi connectivity index (χ2n) is 6.33. The van der Waals surface area contributed by atoms with Crippen LogP contribution in [-0.2, 0) is 4.79 Å². The lowest BCUT2D eigenvalue weighted by Crippen LogP contribution is -2.38. The molecular weight excluding hydrogens is 355 g/mol. The summed E-state index contributed by atoms with van der Waals surface area (Å²) in [6.45, 7) is 2.35. The lowest BCUT2D eigenvalue weighted by atomic mass is 10.1. The molecule has 4 nitrogen and oxygen atoms in total. The van der Waals surface area contributed by atoms with Gasteiger partial charge in [0, 0.05) is 11.6 Å². The van der Waals surface area contributed by atoms with Crippen LogP contribution in [0.1, 0.15) is 24.4 Å². The first-order valence-electron chi connectivity index (χ1n) is 8.77. The quantitative estimate of drug-likeness (QED) is 0.798. The highest BCUT2D eigenvalue weighted by Gasteiger charge is 2.25. The van der Waals surface area contributed by atoms with Gasteiger partial charge in [-0.1, -0.05) is 29.8 Å². The zero-order valence-electron chi connectivity index (χ0n) is 14.5. The first-order chi connectivity index (χ1) is 12.6. The molecule has 1 aliphatic rings. The van der Waals surface area contributed by atoms with Crippen LogP contribution in [0.25, 0.3) is 0 Å². The van der Waals surface area contributed by atoms with Crippen LogP contribution < -0.4 is 10.1 Å². The average Bonchev–Trinajstić information content (AvgIpc) is 3.17. The molecule has 0 aliphatic carbocycles. The molecule has 1 fully saturated rings. The smallest absolute Gasteiger partial charge is 0.258 e. The van der Waals surface area contributed by atoms with Gasteiger partial charge in [-0.05, 0) is 61.8 Å². The topological polar surface area (TPSA) is 41.6 Å². The molecule has 1 heterocycles. The van der Waals surface area contributed by atoms with E-state index in [4.69, 9.17) is 16.3 Å². The van der Waals surface area contributed by atoms with Crippen molar-refractivity contribution in [2.24, 2.45) is 0 Å². The van der Waals surface area contributed by atoms with Crippen molar-refractivity contribution in [3.63, 3.8) is 0 Å². The number of hydrogen-bond acceptors (Lipinski definition) is 3.